The van der Waals surface area contributed by atoms with Gasteiger partial charge in [0.2, 0.25) is 0 Å². The monoisotopic (exact) mass is 273 g/mol. The SMILES string of the molecule is CCCCn1cc(C=O)c(-c2ccc([N+](=O)[O-])cc2)n1. The number of nitrogens with zero attached hydrogens (tertiary/aromatic N) is 3. The van der Waals surface area contributed by atoms with Gasteiger partial charge in [-0.15, -0.1) is 0 Å². The summed E-state index contributed by atoms with van der Waals surface area (Å²) < 4.78 is 1.74. The van der Waals surface area contributed by atoms with Crippen LogP contribution in [-0.4, -0.2) is 21.0 Å². The van der Waals surface area contributed by atoms with Crippen LogP contribution in [0.15, 0.2) is 30.5 Å². The first kappa shape index (κ1) is 13.9. The third-order valence-corrected chi connectivity index (χ3v) is 3.01. The molecule has 0 spiro atoms. The fourth-order valence-electron chi connectivity index (χ4n) is 1.92. The average molecular weight is 273 g/mol. The number of aldehydes is 1. The van der Waals surface area contributed by atoms with E-state index in [0.29, 0.717) is 16.8 Å². The maximum Gasteiger partial charge on any atom is 0.269 e. The average Bonchev–Trinajstić information content (AvgIpc) is 2.88. The predicted molar refractivity (Wildman–Crippen MR) is 74.6 cm³/mol. The number of carbonyl (C=O) groups excluding carboxylic acids is 1. The van der Waals surface area contributed by atoms with Crippen molar-refractivity contribution >= 4 is 12.0 Å². The molecule has 0 amide bonds. The summed E-state index contributed by atoms with van der Waals surface area (Å²) in [4.78, 5) is 21.3. The van der Waals surface area contributed by atoms with Gasteiger partial charge in [0.25, 0.3) is 5.69 Å². The van der Waals surface area contributed by atoms with Crippen LogP contribution >= 0.6 is 0 Å². The molecule has 0 atom stereocenters. The van der Waals surface area contributed by atoms with Gasteiger partial charge >= 0.3 is 0 Å². The second-order valence-corrected chi connectivity index (χ2v) is 4.47. The molecule has 0 radical (unpaired) electrons. The largest absolute Gasteiger partial charge is 0.298 e. The van der Waals surface area contributed by atoms with Crippen molar-refractivity contribution in [3.8, 4) is 11.3 Å². The van der Waals surface area contributed by atoms with E-state index in [1.165, 1.54) is 12.1 Å². The highest BCUT2D eigenvalue weighted by Crippen LogP contribution is 2.23. The number of rotatable bonds is 6. The van der Waals surface area contributed by atoms with E-state index in [1.54, 1.807) is 23.0 Å². The number of aryl methyl sites for hydroxylation is 1. The topological polar surface area (TPSA) is 78.0 Å². The van der Waals surface area contributed by atoms with Gasteiger partial charge in [-0.25, -0.2) is 0 Å². The quantitative estimate of drug-likeness (QED) is 0.460. The fraction of sp³-hybridized carbons (Fsp3) is 0.286. The number of hydrogen-bond acceptors (Lipinski definition) is 4. The van der Waals surface area contributed by atoms with E-state index in [9.17, 15) is 14.9 Å². The Bertz CT molecular complexity index is 617. The smallest absolute Gasteiger partial charge is 0.269 e. The third-order valence-electron chi connectivity index (χ3n) is 3.01. The van der Waals surface area contributed by atoms with Crippen molar-refractivity contribution in [2.24, 2.45) is 0 Å². The van der Waals surface area contributed by atoms with Gasteiger partial charge in [-0.3, -0.25) is 19.6 Å². The first-order valence-corrected chi connectivity index (χ1v) is 6.43. The van der Waals surface area contributed by atoms with Crippen molar-refractivity contribution in [1.82, 2.24) is 9.78 Å². The summed E-state index contributed by atoms with van der Waals surface area (Å²) in [7, 11) is 0. The van der Waals surface area contributed by atoms with E-state index in [4.69, 9.17) is 0 Å². The second kappa shape index (κ2) is 6.10. The number of hydrogen-bond donors (Lipinski definition) is 0. The highest BCUT2D eigenvalue weighted by molar-refractivity contribution is 5.85. The molecule has 104 valence electrons. The Morgan fingerprint density at radius 1 is 1.35 bits per heavy atom. The van der Waals surface area contributed by atoms with Gasteiger partial charge in [0.1, 0.15) is 5.69 Å². The van der Waals surface area contributed by atoms with Crippen LogP contribution in [0.2, 0.25) is 0 Å². The van der Waals surface area contributed by atoms with Gasteiger partial charge < -0.3 is 0 Å². The Labute approximate surface area is 116 Å². The molecule has 6 heteroatoms. The number of non-ortho nitro benzene ring substituents is 1. The van der Waals surface area contributed by atoms with Crippen LogP contribution in [0.3, 0.4) is 0 Å². The van der Waals surface area contributed by atoms with Gasteiger partial charge in [0.05, 0.1) is 10.5 Å². The lowest BCUT2D eigenvalue weighted by Gasteiger charge is -1.99. The maximum atomic E-state index is 11.1. The number of benzene rings is 1. The van der Waals surface area contributed by atoms with E-state index < -0.39 is 4.92 Å². The summed E-state index contributed by atoms with van der Waals surface area (Å²) in [5.74, 6) is 0. The van der Waals surface area contributed by atoms with Crippen LogP contribution in [0.25, 0.3) is 11.3 Å². The molecule has 2 aromatic rings. The molecule has 0 fully saturated rings. The van der Waals surface area contributed by atoms with Crippen molar-refractivity contribution < 1.29 is 9.72 Å². The summed E-state index contributed by atoms with van der Waals surface area (Å²) in [6.45, 7) is 2.84. The number of unbranched alkanes of at least 4 members (excludes halogenated alkanes) is 1. The molecule has 20 heavy (non-hydrogen) atoms. The number of carbonyl (C=O) groups is 1. The van der Waals surface area contributed by atoms with E-state index in [1.807, 2.05) is 0 Å². The van der Waals surface area contributed by atoms with Crippen molar-refractivity contribution in [2.75, 3.05) is 0 Å². The molecule has 0 aliphatic heterocycles. The van der Waals surface area contributed by atoms with Gasteiger partial charge in [-0.05, 0) is 18.6 Å². The summed E-state index contributed by atoms with van der Waals surface area (Å²) in [5.41, 5.74) is 1.78. The summed E-state index contributed by atoms with van der Waals surface area (Å²) in [6, 6.07) is 6.04. The van der Waals surface area contributed by atoms with Crippen LogP contribution < -0.4 is 0 Å². The summed E-state index contributed by atoms with van der Waals surface area (Å²) in [5, 5.41) is 15.0. The minimum atomic E-state index is -0.454. The fourth-order valence-corrected chi connectivity index (χ4v) is 1.92. The first-order chi connectivity index (χ1) is 9.65. The Balaban J connectivity index is 2.33. The molecule has 0 bridgehead atoms. The lowest BCUT2D eigenvalue weighted by Crippen LogP contribution is -1.98. The molecule has 0 saturated carbocycles. The molecule has 2 rings (SSSR count). The third kappa shape index (κ3) is 2.90. The maximum absolute atomic E-state index is 11.1. The van der Waals surface area contributed by atoms with Crippen molar-refractivity contribution in [2.45, 2.75) is 26.3 Å². The van der Waals surface area contributed by atoms with E-state index >= 15 is 0 Å². The lowest BCUT2D eigenvalue weighted by atomic mass is 10.1. The number of nitro groups is 1. The molecule has 0 saturated heterocycles. The molecule has 0 unspecified atom stereocenters. The Morgan fingerprint density at radius 3 is 2.60 bits per heavy atom. The highest BCUT2D eigenvalue weighted by atomic mass is 16.6. The van der Waals surface area contributed by atoms with Gasteiger partial charge in [-0.1, -0.05) is 13.3 Å². The molecule has 0 aliphatic carbocycles. The van der Waals surface area contributed by atoms with Gasteiger partial charge in [0.15, 0.2) is 6.29 Å². The van der Waals surface area contributed by atoms with Crippen molar-refractivity contribution in [3.05, 3.63) is 46.1 Å². The Morgan fingerprint density at radius 2 is 2.05 bits per heavy atom. The molecule has 6 nitrogen and oxygen atoms in total. The second-order valence-electron chi connectivity index (χ2n) is 4.47. The van der Waals surface area contributed by atoms with E-state index in [-0.39, 0.29) is 5.69 Å². The Hall–Kier alpha value is -2.50. The summed E-state index contributed by atoms with van der Waals surface area (Å²) in [6.07, 6.45) is 4.49. The van der Waals surface area contributed by atoms with Crippen molar-refractivity contribution in [3.63, 3.8) is 0 Å². The van der Waals surface area contributed by atoms with Crippen LogP contribution in [0, 0.1) is 10.1 Å². The van der Waals surface area contributed by atoms with Crippen LogP contribution in [0.5, 0.6) is 0 Å². The molecule has 1 aromatic carbocycles. The van der Waals surface area contributed by atoms with Crippen LogP contribution in [0.1, 0.15) is 30.1 Å². The minimum absolute atomic E-state index is 0.0202. The standard InChI is InChI=1S/C14H15N3O3/c1-2-3-8-16-9-12(10-18)14(15-16)11-4-6-13(7-5-11)17(19)20/h4-7,9-10H,2-3,8H2,1H3. The minimum Gasteiger partial charge on any atom is -0.298 e. The first-order valence-electron chi connectivity index (χ1n) is 6.43. The number of nitro benzene ring substituents is 1. The zero-order valence-corrected chi connectivity index (χ0v) is 11.2. The summed E-state index contributed by atoms with van der Waals surface area (Å²) >= 11 is 0. The van der Waals surface area contributed by atoms with Crippen LogP contribution in [-0.2, 0) is 6.54 Å². The molecule has 1 heterocycles. The molecule has 0 N–H and O–H groups in total. The zero-order chi connectivity index (χ0) is 14.5. The van der Waals surface area contributed by atoms with Gasteiger partial charge in [-0.2, -0.15) is 5.10 Å². The normalized spacial score (nSPS) is 10.4. The van der Waals surface area contributed by atoms with Crippen LogP contribution in [0.4, 0.5) is 5.69 Å². The van der Waals surface area contributed by atoms with E-state index in [2.05, 4.69) is 12.0 Å². The predicted octanol–water partition coefficient (Wildman–Crippen LogP) is 3.07. The molecular formula is C14H15N3O3. The molecular weight excluding hydrogens is 258 g/mol. The lowest BCUT2D eigenvalue weighted by molar-refractivity contribution is -0.384. The highest BCUT2D eigenvalue weighted by Gasteiger charge is 2.12. The molecule has 1 aromatic heterocycles. The van der Waals surface area contributed by atoms with E-state index in [0.717, 1.165) is 25.7 Å². The van der Waals surface area contributed by atoms with Gasteiger partial charge in [0, 0.05) is 30.4 Å². The van der Waals surface area contributed by atoms with Crippen molar-refractivity contribution in [1.29, 1.82) is 0 Å². The number of aromatic nitrogens is 2. The molecule has 0 aliphatic rings. The Kier molecular flexibility index (Phi) is 4.24. The zero-order valence-electron chi connectivity index (χ0n) is 11.2.